The highest BCUT2D eigenvalue weighted by Gasteiger charge is 2.14. The minimum Gasteiger partial charge on any atom is -0.391 e. The number of carbonyl (C=O) groups is 1. The summed E-state index contributed by atoms with van der Waals surface area (Å²) in [6.45, 7) is 4.18. The fourth-order valence-electron chi connectivity index (χ4n) is 2.12. The van der Waals surface area contributed by atoms with Gasteiger partial charge < -0.3 is 10.4 Å². The van der Waals surface area contributed by atoms with Gasteiger partial charge in [-0.2, -0.15) is 0 Å². The van der Waals surface area contributed by atoms with Crippen molar-refractivity contribution < 1.29 is 9.90 Å². The zero-order valence-corrected chi connectivity index (χ0v) is 12.8. The summed E-state index contributed by atoms with van der Waals surface area (Å²) in [6.07, 6.45) is -0.117. The number of aliphatic hydroxyl groups is 1. The Hall–Kier alpha value is -2.28. The summed E-state index contributed by atoms with van der Waals surface area (Å²) in [7, 11) is 0. The van der Waals surface area contributed by atoms with E-state index < -0.39 is 6.10 Å². The smallest absolute Gasteiger partial charge is 0.241 e. The van der Waals surface area contributed by atoms with Crippen molar-refractivity contribution in [2.24, 2.45) is 0 Å². The molecule has 118 valence electrons. The number of aromatic nitrogens is 4. The number of rotatable bonds is 7. The topological polar surface area (TPSA) is 92.9 Å². The number of tetrazole rings is 1. The lowest BCUT2D eigenvalue weighted by atomic mass is 10.1. The Kier molecular flexibility index (Phi) is 5.60. The van der Waals surface area contributed by atoms with E-state index >= 15 is 0 Å². The molecule has 1 aromatic heterocycles. The van der Waals surface area contributed by atoms with Crippen molar-refractivity contribution in [3.63, 3.8) is 0 Å². The number of amides is 1. The van der Waals surface area contributed by atoms with Crippen LogP contribution in [0.25, 0.3) is 0 Å². The molecule has 2 N–H and O–H groups in total. The van der Waals surface area contributed by atoms with Crippen LogP contribution in [0.1, 0.15) is 31.2 Å². The summed E-state index contributed by atoms with van der Waals surface area (Å²) < 4.78 is 1.48. The van der Waals surface area contributed by atoms with Gasteiger partial charge in [0.15, 0.2) is 5.82 Å². The van der Waals surface area contributed by atoms with E-state index in [0.29, 0.717) is 12.2 Å². The van der Waals surface area contributed by atoms with E-state index in [-0.39, 0.29) is 24.9 Å². The van der Waals surface area contributed by atoms with Crippen LogP contribution in [0, 0.1) is 0 Å². The van der Waals surface area contributed by atoms with E-state index in [4.69, 9.17) is 0 Å². The van der Waals surface area contributed by atoms with Crippen LogP contribution in [-0.2, 0) is 17.8 Å². The Bertz CT molecular complexity index is 597. The van der Waals surface area contributed by atoms with Crippen molar-refractivity contribution in [2.75, 3.05) is 6.54 Å². The average Bonchev–Trinajstić information content (AvgIpc) is 2.94. The van der Waals surface area contributed by atoms with Crippen molar-refractivity contribution in [3.05, 3.63) is 41.7 Å². The molecule has 0 aliphatic carbocycles. The molecule has 2 aromatic rings. The summed E-state index contributed by atoms with van der Waals surface area (Å²) in [4.78, 5) is 11.9. The number of nitrogens with zero attached hydrogens (tertiary/aromatic N) is 4. The predicted molar refractivity (Wildman–Crippen MR) is 81.1 cm³/mol. The molecule has 0 radical (unpaired) electrons. The van der Waals surface area contributed by atoms with E-state index in [0.717, 1.165) is 5.56 Å². The van der Waals surface area contributed by atoms with Gasteiger partial charge in [-0.3, -0.25) is 4.79 Å². The number of aliphatic hydroxyl groups excluding tert-OH is 1. The van der Waals surface area contributed by atoms with Gasteiger partial charge in [-0.1, -0.05) is 44.2 Å². The molecule has 0 aliphatic heterocycles. The first kappa shape index (κ1) is 16.1. The largest absolute Gasteiger partial charge is 0.391 e. The monoisotopic (exact) mass is 303 g/mol. The minimum absolute atomic E-state index is 0.0541. The molecule has 1 heterocycles. The lowest BCUT2D eigenvalue weighted by molar-refractivity contribution is -0.122. The summed E-state index contributed by atoms with van der Waals surface area (Å²) in [5, 5.41) is 23.9. The first-order chi connectivity index (χ1) is 10.6. The molecule has 0 fully saturated rings. The molecule has 7 heteroatoms. The maximum Gasteiger partial charge on any atom is 0.241 e. The Labute approximate surface area is 129 Å². The molecule has 2 rings (SSSR count). The van der Waals surface area contributed by atoms with Crippen LogP contribution in [0.3, 0.4) is 0 Å². The average molecular weight is 303 g/mol. The second-order valence-corrected chi connectivity index (χ2v) is 5.50. The van der Waals surface area contributed by atoms with Crippen LogP contribution in [0.15, 0.2) is 30.3 Å². The van der Waals surface area contributed by atoms with Gasteiger partial charge >= 0.3 is 0 Å². The van der Waals surface area contributed by atoms with Crippen molar-refractivity contribution >= 4 is 5.91 Å². The lowest BCUT2D eigenvalue weighted by Crippen LogP contribution is -2.35. The number of hydrogen-bond donors (Lipinski definition) is 2. The summed E-state index contributed by atoms with van der Waals surface area (Å²) in [5.74, 6) is 0.591. The summed E-state index contributed by atoms with van der Waals surface area (Å²) in [6, 6.07) is 9.66. The highest BCUT2D eigenvalue weighted by Crippen LogP contribution is 2.08. The van der Waals surface area contributed by atoms with Crippen molar-refractivity contribution in [2.45, 2.75) is 38.8 Å². The third-order valence-electron chi connectivity index (χ3n) is 3.22. The zero-order valence-electron chi connectivity index (χ0n) is 12.8. The minimum atomic E-state index is -0.621. The summed E-state index contributed by atoms with van der Waals surface area (Å²) >= 11 is 0. The molecule has 1 amide bonds. The Morgan fingerprint density at radius 1 is 1.32 bits per heavy atom. The molecule has 1 atom stereocenters. The van der Waals surface area contributed by atoms with Crippen LogP contribution < -0.4 is 5.32 Å². The molecule has 1 unspecified atom stereocenters. The first-order valence-corrected chi connectivity index (χ1v) is 7.31. The normalized spacial score (nSPS) is 12.4. The van der Waals surface area contributed by atoms with E-state index in [9.17, 15) is 9.90 Å². The van der Waals surface area contributed by atoms with Crippen LogP contribution in [-0.4, -0.2) is 43.9 Å². The highest BCUT2D eigenvalue weighted by molar-refractivity contribution is 5.75. The Morgan fingerprint density at radius 3 is 2.73 bits per heavy atom. The fraction of sp³-hybridized carbons (Fsp3) is 0.467. The van der Waals surface area contributed by atoms with Gasteiger partial charge in [-0.05, 0) is 16.0 Å². The second kappa shape index (κ2) is 7.65. The van der Waals surface area contributed by atoms with Gasteiger partial charge in [0.1, 0.15) is 6.54 Å². The number of nitrogens with one attached hydrogen (secondary N) is 1. The molecular formula is C15H21N5O2. The van der Waals surface area contributed by atoms with E-state index in [2.05, 4.69) is 20.8 Å². The molecule has 0 bridgehead atoms. The molecule has 0 saturated carbocycles. The standard InChI is InChI=1S/C15H21N5O2/c1-11(2)15-17-18-19-20(15)10-14(22)16-9-13(21)8-12-6-4-3-5-7-12/h3-7,11,13,21H,8-10H2,1-2H3,(H,16,22). The van der Waals surface area contributed by atoms with Gasteiger partial charge in [-0.15, -0.1) is 5.10 Å². The van der Waals surface area contributed by atoms with Gasteiger partial charge in [0.2, 0.25) is 5.91 Å². The maximum absolute atomic E-state index is 11.9. The van der Waals surface area contributed by atoms with Crippen LogP contribution >= 0.6 is 0 Å². The van der Waals surface area contributed by atoms with Crippen LogP contribution in [0.2, 0.25) is 0 Å². The Morgan fingerprint density at radius 2 is 2.05 bits per heavy atom. The third kappa shape index (κ3) is 4.63. The van der Waals surface area contributed by atoms with E-state index in [1.807, 2.05) is 44.2 Å². The van der Waals surface area contributed by atoms with E-state index in [1.54, 1.807) is 0 Å². The maximum atomic E-state index is 11.9. The second-order valence-electron chi connectivity index (χ2n) is 5.50. The first-order valence-electron chi connectivity index (χ1n) is 7.31. The molecule has 1 aromatic carbocycles. The lowest BCUT2D eigenvalue weighted by Gasteiger charge is -2.12. The molecule has 7 nitrogen and oxygen atoms in total. The molecule has 0 aliphatic rings. The zero-order chi connectivity index (χ0) is 15.9. The molecule has 0 spiro atoms. The summed E-state index contributed by atoms with van der Waals surface area (Å²) in [5.41, 5.74) is 1.03. The number of benzene rings is 1. The number of carbonyl (C=O) groups excluding carboxylic acids is 1. The quantitative estimate of drug-likeness (QED) is 0.777. The van der Waals surface area contributed by atoms with Gasteiger partial charge in [0.05, 0.1) is 6.10 Å². The molecule has 22 heavy (non-hydrogen) atoms. The highest BCUT2D eigenvalue weighted by atomic mass is 16.3. The SMILES string of the molecule is CC(C)c1nnnn1CC(=O)NCC(O)Cc1ccccc1. The third-order valence-corrected chi connectivity index (χ3v) is 3.22. The van der Waals surface area contributed by atoms with Gasteiger partial charge in [0, 0.05) is 18.9 Å². The van der Waals surface area contributed by atoms with E-state index in [1.165, 1.54) is 4.68 Å². The Balaban J connectivity index is 1.79. The van der Waals surface area contributed by atoms with Gasteiger partial charge in [0.25, 0.3) is 0 Å². The molecular weight excluding hydrogens is 282 g/mol. The molecule has 0 saturated heterocycles. The van der Waals surface area contributed by atoms with Crippen molar-refractivity contribution in [1.29, 1.82) is 0 Å². The van der Waals surface area contributed by atoms with Crippen LogP contribution in [0.4, 0.5) is 0 Å². The van der Waals surface area contributed by atoms with Crippen molar-refractivity contribution in [3.8, 4) is 0 Å². The van der Waals surface area contributed by atoms with Gasteiger partial charge in [-0.25, -0.2) is 4.68 Å². The fourth-order valence-corrected chi connectivity index (χ4v) is 2.12. The van der Waals surface area contributed by atoms with Crippen molar-refractivity contribution in [1.82, 2.24) is 25.5 Å². The predicted octanol–water partition coefficient (Wildman–Crippen LogP) is 0.516. The number of hydrogen-bond acceptors (Lipinski definition) is 5. The van der Waals surface area contributed by atoms with Crippen LogP contribution in [0.5, 0.6) is 0 Å².